The van der Waals surface area contributed by atoms with E-state index in [1.54, 1.807) is 24.1 Å². The number of carbonyl (C=O) groups is 1. The molecule has 0 aliphatic carbocycles. The number of nitrogens with zero attached hydrogens (tertiary/aromatic N) is 4. The summed E-state index contributed by atoms with van der Waals surface area (Å²) >= 11 is 0. The zero-order valence-corrected chi connectivity index (χ0v) is 13.9. The van der Waals surface area contributed by atoms with Crippen molar-refractivity contribution in [3.63, 3.8) is 0 Å². The molecule has 6 nitrogen and oxygen atoms in total. The molecule has 1 N–H and O–H groups in total. The molecule has 0 bridgehead atoms. The van der Waals surface area contributed by atoms with Crippen molar-refractivity contribution in [3.05, 3.63) is 41.7 Å². The highest BCUT2D eigenvalue weighted by Gasteiger charge is 2.21. The van der Waals surface area contributed by atoms with Crippen LogP contribution in [0.2, 0.25) is 0 Å². The summed E-state index contributed by atoms with van der Waals surface area (Å²) in [7, 11) is 3.53. The molecule has 1 heterocycles. The average Bonchev–Trinajstić information content (AvgIpc) is 2.97. The minimum Gasteiger partial charge on any atom is -0.338 e. The molecule has 1 amide bonds. The van der Waals surface area contributed by atoms with Crippen molar-refractivity contribution in [1.82, 2.24) is 25.0 Å². The Bertz CT molecular complexity index is 683. The van der Waals surface area contributed by atoms with Crippen LogP contribution in [0.4, 0.5) is 4.39 Å². The molecule has 2 aromatic rings. The number of hydrogen-bond acceptors (Lipinski definition) is 4. The molecule has 0 aliphatic heterocycles. The minimum atomic E-state index is -0.355. The fourth-order valence-electron chi connectivity index (χ4n) is 2.14. The van der Waals surface area contributed by atoms with Crippen LogP contribution >= 0.6 is 0 Å². The Morgan fingerprint density at radius 2 is 2.17 bits per heavy atom. The van der Waals surface area contributed by atoms with E-state index >= 15 is 0 Å². The number of amides is 1. The van der Waals surface area contributed by atoms with Crippen LogP contribution < -0.4 is 5.32 Å². The fraction of sp³-hybridized carbons (Fsp3) is 0.438. The summed E-state index contributed by atoms with van der Waals surface area (Å²) < 4.78 is 15.0. The van der Waals surface area contributed by atoms with Gasteiger partial charge < -0.3 is 10.2 Å². The highest BCUT2D eigenvalue weighted by molar-refractivity contribution is 5.90. The monoisotopic (exact) mass is 319 g/mol. The molecule has 0 atom stereocenters. The quantitative estimate of drug-likeness (QED) is 0.882. The molecule has 1 aromatic heterocycles. The normalized spacial score (nSPS) is 11.0. The van der Waals surface area contributed by atoms with Crippen molar-refractivity contribution in [3.8, 4) is 5.69 Å². The predicted molar refractivity (Wildman–Crippen MR) is 86.3 cm³/mol. The maximum absolute atomic E-state index is 13.5. The van der Waals surface area contributed by atoms with E-state index in [0.29, 0.717) is 24.6 Å². The number of benzene rings is 1. The number of aromatic nitrogens is 3. The largest absolute Gasteiger partial charge is 0.338 e. The lowest BCUT2D eigenvalue weighted by atomic mass is 10.2. The first-order valence-corrected chi connectivity index (χ1v) is 7.57. The van der Waals surface area contributed by atoms with Gasteiger partial charge in [-0.2, -0.15) is 0 Å². The molecule has 124 valence electrons. The summed E-state index contributed by atoms with van der Waals surface area (Å²) in [5, 5.41) is 7.29. The van der Waals surface area contributed by atoms with E-state index in [9.17, 15) is 9.18 Å². The van der Waals surface area contributed by atoms with E-state index in [1.807, 2.05) is 20.9 Å². The number of halogens is 1. The van der Waals surface area contributed by atoms with Gasteiger partial charge in [-0.15, -0.1) is 5.10 Å². The van der Waals surface area contributed by atoms with Gasteiger partial charge in [-0.1, -0.05) is 19.9 Å². The Labute approximate surface area is 135 Å². The van der Waals surface area contributed by atoms with E-state index in [4.69, 9.17) is 0 Å². The molecule has 0 saturated carbocycles. The van der Waals surface area contributed by atoms with Gasteiger partial charge in [0, 0.05) is 26.1 Å². The standard InChI is InChI=1S/C16H22FN5O/c1-11(2)15-19-14(16(23)21(4)9-8-18-3)20-22(15)13-7-5-6-12(17)10-13/h5-7,10-11,18H,8-9H2,1-4H3. The third-order valence-corrected chi connectivity index (χ3v) is 3.44. The Balaban J connectivity index is 2.37. The molecular formula is C16H22FN5O. The maximum Gasteiger partial charge on any atom is 0.293 e. The first-order chi connectivity index (χ1) is 10.9. The van der Waals surface area contributed by atoms with Crippen LogP contribution in [0, 0.1) is 5.82 Å². The molecule has 2 rings (SSSR count). The van der Waals surface area contributed by atoms with Crippen molar-refractivity contribution in [2.75, 3.05) is 27.2 Å². The van der Waals surface area contributed by atoms with Gasteiger partial charge >= 0.3 is 0 Å². The highest BCUT2D eigenvalue weighted by atomic mass is 19.1. The van der Waals surface area contributed by atoms with E-state index < -0.39 is 0 Å². The van der Waals surface area contributed by atoms with Crippen molar-refractivity contribution >= 4 is 5.91 Å². The topological polar surface area (TPSA) is 63.1 Å². The zero-order valence-electron chi connectivity index (χ0n) is 13.9. The molecule has 0 aliphatic rings. The van der Waals surface area contributed by atoms with Crippen LogP contribution in [0.1, 0.15) is 36.2 Å². The predicted octanol–water partition coefficient (Wildman–Crippen LogP) is 1.82. The van der Waals surface area contributed by atoms with E-state index in [2.05, 4.69) is 15.4 Å². The van der Waals surface area contributed by atoms with Crippen LogP contribution in [0.15, 0.2) is 24.3 Å². The summed E-state index contributed by atoms with van der Waals surface area (Å²) in [5.74, 6) is 0.191. The number of nitrogens with one attached hydrogen (secondary N) is 1. The third-order valence-electron chi connectivity index (χ3n) is 3.44. The summed E-state index contributed by atoms with van der Waals surface area (Å²) in [4.78, 5) is 18.3. The Morgan fingerprint density at radius 3 is 2.78 bits per heavy atom. The van der Waals surface area contributed by atoms with Gasteiger partial charge in [-0.25, -0.2) is 14.1 Å². The molecule has 23 heavy (non-hydrogen) atoms. The first-order valence-electron chi connectivity index (χ1n) is 7.57. The second-order valence-electron chi connectivity index (χ2n) is 5.67. The molecule has 0 spiro atoms. The van der Waals surface area contributed by atoms with Gasteiger partial charge in [-0.05, 0) is 25.2 Å². The van der Waals surface area contributed by atoms with Gasteiger partial charge in [0.25, 0.3) is 5.91 Å². The second-order valence-corrected chi connectivity index (χ2v) is 5.67. The number of rotatable bonds is 6. The van der Waals surface area contributed by atoms with Crippen LogP contribution in [-0.4, -0.2) is 52.8 Å². The van der Waals surface area contributed by atoms with Gasteiger partial charge in [0.15, 0.2) is 0 Å². The second kappa shape index (κ2) is 7.32. The van der Waals surface area contributed by atoms with Crippen LogP contribution in [-0.2, 0) is 0 Å². The SMILES string of the molecule is CNCCN(C)C(=O)c1nc(C(C)C)n(-c2cccc(F)c2)n1. The summed E-state index contributed by atoms with van der Waals surface area (Å²) in [5.41, 5.74) is 0.554. The van der Waals surface area contributed by atoms with Crippen molar-refractivity contribution in [2.24, 2.45) is 0 Å². The summed E-state index contributed by atoms with van der Waals surface area (Å²) in [6.07, 6.45) is 0. The lowest BCUT2D eigenvalue weighted by molar-refractivity contribution is 0.0785. The molecule has 0 unspecified atom stereocenters. The van der Waals surface area contributed by atoms with Crippen molar-refractivity contribution < 1.29 is 9.18 Å². The highest BCUT2D eigenvalue weighted by Crippen LogP contribution is 2.18. The Kier molecular flexibility index (Phi) is 5.44. The molecule has 0 radical (unpaired) electrons. The van der Waals surface area contributed by atoms with E-state index in [0.717, 1.165) is 0 Å². The first kappa shape index (κ1) is 17.1. The summed E-state index contributed by atoms with van der Waals surface area (Å²) in [6.45, 7) is 5.16. The molecule has 0 saturated heterocycles. The van der Waals surface area contributed by atoms with E-state index in [1.165, 1.54) is 16.8 Å². The smallest absolute Gasteiger partial charge is 0.293 e. The Morgan fingerprint density at radius 1 is 1.43 bits per heavy atom. The lowest BCUT2D eigenvalue weighted by Gasteiger charge is -2.14. The Hall–Kier alpha value is -2.28. The van der Waals surface area contributed by atoms with Gasteiger partial charge in [0.2, 0.25) is 5.82 Å². The average molecular weight is 319 g/mol. The van der Waals surface area contributed by atoms with Crippen LogP contribution in [0.5, 0.6) is 0 Å². The lowest BCUT2D eigenvalue weighted by Crippen LogP contribution is -2.33. The van der Waals surface area contributed by atoms with Crippen molar-refractivity contribution in [1.29, 1.82) is 0 Å². The summed E-state index contributed by atoms with van der Waals surface area (Å²) in [6, 6.07) is 6.09. The molecule has 0 fully saturated rings. The van der Waals surface area contributed by atoms with Crippen molar-refractivity contribution in [2.45, 2.75) is 19.8 Å². The molecule has 7 heteroatoms. The zero-order chi connectivity index (χ0) is 17.0. The minimum absolute atomic E-state index is 0.0509. The van der Waals surface area contributed by atoms with Gasteiger partial charge in [0.1, 0.15) is 11.6 Å². The van der Waals surface area contributed by atoms with E-state index in [-0.39, 0.29) is 23.5 Å². The third kappa shape index (κ3) is 3.92. The molecule has 1 aromatic carbocycles. The van der Waals surface area contributed by atoms with Gasteiger partial charge in [-0.3, -0.25) is 4.79 Å². The number of hydrogen-bond donors (Lipinski definition) is 1. The van der Waals surface area contributed by atoms with Crippen LogP contribution in [0.3, 0.4) is 0 Å². The number of likely N-dealkylation sites (N-methyl/N-ethyl adjacent to an activating group) is 2. The van der Waals surface area contributed by atoms with Crippen LogP contribution in [0.25, 0.3) is 5.69 Å². The fourth-order valence-corrected chi connectivity index (χ4v) is 2.14. The number of carbonyl (C=O) groups excluding carboxylic acids is 1. The molecular weight excluding hydrogens is 297 g/mol. The van der Waals surface area contributed by atoms with Gasteiger partial charge in [0.05, 0.1) is 5.69 Å². The maximum atomic E-state index is 13.5.